The molecule has 0 spiro atoms. The average Bonchev–Trinajstić information content (AvgIpc) is 2.17. The summed E-state index contributed by atoms with van der Waals surface area (Å²) in [5, 5.41) is 2.79. The molecule has 1 atom stereocenters. The van der Waals surface area contributed by atoms with Gasteiger partial charge in [-0.05, 0) is 21.9 Å². The minimum atomic E-state index is 0.742. The third-order valence-corrected chi connectivity index (χ3v) is 3.07. The van der Waals surface area contributed by atoms with E-state index in [4.69, 9.17) is 0 Å². The number of hydrogen-bond acceptors (Lipinski definition) is 0. The quantitative estimate of drug-likeness (QED) is 0.599. The van der Waals surface area contributed by atoms with E-state index in [-0.39, 0.29) is 0 Å². The van der Waals surface area contributed by atoms with Crippen molar-refractivity contribution >= 4 is 21.0 Å². The SMILES string of the molecule is CC([SiH3])c1cccc2ccccc12. The van der Waals surface area contributed by atoms with Gasteiger partial charge in [0.1, 0.15) is 0 Å². The van der Waals surface area contributed by atoms with Crippen LogP contribution in [0.15, 0.2) is 42.5 Å². The van der Waals surface area contributed by atoms with Crippen molar-refractivity contribution in [2.24, 2.45) is 0 Å². The molecule has 0 heterocycles. The van der Waals surface area contributed by atoms with Gasteiger partial charge in [0, 0.05) is 10.2 Å². The van der Waals surface area contributed by atoms with Gasteiger partial charge in [0.2, 0.25) is 0 Å². The second kappa shape index (κ2) is 3.34. The molecule has 2 aromatic carbocycles. The zero-order valence-electron chi connectivity index (χ0n) is 8.12. The van der Waals surface area contributed by atoms with Crippen LogP contribution in [0.1, 0.15) is 18.0 Å². The summed E-state index contributed by atoms with van der Waals surface area (Å²) in [5.41, 5.74) is 2.25. The first-order chi connectivity index (χ1) is 6.29. The lowest BCUT2D eigenvalue weighted by Crippen LogP contribution is -1.92. The van der Waals surface area contributed by atoms with Crippen LogP contribution >= 0.6 is 0 Å². The van der Waals surface area contributed by atoms with Gasteiger partial charge in [-0.3, -0.25) is 0 Å². The zero-order valence-corrected chi connectivity index (χ0v) is 10.1. The molecule has 0 N–H and O–H groups in total. The van der Waals surface area contributed by atoms with E-state index >= 15 is 0 Å². The van der Waals surface area contributed by atoms with Gasteiger partial charge in [-0.15, -0.1) is 0 Å². The summed E-state index contributed by atoms with van der Waals surface area (Å²) in [6.07, 6.45) is 0. The van der Waals surface area contributed by atoms with Crippen molar-refractivity contribution in [2.75, 3.05) is 0 Å². The molecule has 0 amide bonds. The van der Waals surface area contributed by atoms with Crippen LogP contribution < -0.4 is 0 Å². The van der Waals surface area contributed by atoms with Crippen LogP contribution in [0.2, 0.25) is 0 Å². The van der Waals surface area contributed by atoms with Gasteiger partial charge >= 0.3 is 0 Å². The minimum absolute atomic E-state index is 0.742. The molecule has 1 unspecified atom stereocenters. The lowest BCUT2D eigenvalue weighted by atomic mass is 10.0. The normalized spacial score (nSPS) is 13.3. The molecule has 66 valence electrons. The molecule has 0 nitrogen and oxygen atoms in total. The van der Waals surface area contributed by atoms with E-state index < -0.39 is 0 Å². The average molecular weight is 186 g/mol. The Morgan fingerprint density at radius 2 is 1.69 bits per heavy atom. The number of hydrogen-bond donors (Lipinski definition) is 0. The Kier molecular flexibility index (Phi) is 2.19. The first-order valence-corrected chi connectivity index (χ1v) is 5.92. The zero-order chi connectivity index (χ0) is 9.26. The Labute approximate surface area is 82.0 Å². The Balaban J connectivity index is 2.76. The van der Waals surface area contributed by atoms with Crippen LogP contribution in [0, 0.1) is 0 Å². The van der Waals surface area contributed by atoms with E-state index in [2.05, 4.69) is 49.4 Å². The Bertz CT molecular complexity index is 413. The number of fused-ring (bicyclic) bond motifs is 1. The summed E-state index contributed by atoms with van der Waals surface area (Å²) >= 11 is 0. The van der Waals surface area contributed by atoms with E-state index in [1.165, 1.54) is 26.6 Å². The third-order valence-electron chi connectivity index (χ3n) is 2.45. The van der Waals surface area contributed by atoms with Gasteiger partial charge in [-0.2, -0.15) is 0 Å². The van der Waals surface area contributed by atoms with Gasteiger partial charge in [0.25, 0.3) is 0 Å². The topological polar surface area (TPSA) is 0 Å². The highest BCUT2D eigenvalue weighted by atomic mass is 28.1. The van der Waals surface area contributed by atoms with Crippen molar-refractivity contribution in [1.29, 1.82) is 0 Å². The number of rotatable bonds is 1. The second-order valence-electron chi connectivity index (χ2n) is 3.72. The van der Waals surface area contributed by atoms with Gasteiger partial charge in [-0.25, -0.2) is 0 Å². The van der Waals surface area contributed by atoms with Crippen molar-refractivity contribution in [2.45, 2.75) is 12.5 Å². The fraction of sp³-hybridized carbons (Fsp3) is 0.167. The van der Waals surface area contributed by atoms with Crippen molar-refractivity contribution in [1.82, 2.24) is 0 Å². The predicted molar refractivity (Wildman–Crippen MR) is 62.3 cm³/mol. The molecule has 2 rings (SSSR count). The van der Waals surface area contributed by atoms with Gasteiger partial charge in [0.05, 0.1) is 0 Å². The van der Waals surface area contributed by atoms with E-state index in [1.807, 2.05) is 0 Å². The van der Waals surface area contributed by atoms with Gasteiger partial charge in [-0.1, -0.05) is 49.4 Å². The standard InChI is InChI=1S/C12H14Si/c1-9(13)11-8-4-6-10-5-2-3-7-12(10)11/h2-9H,1,13H3. The van der Waals surface area contributed by atoms with Gasteiger partial charge < -0.3 is 0 Å². The fourth-order valence-electron chi connectivity index (χ4n) is 1.75. The maximum absolute atomic E-state index is 2.30. The van der Waals surface area contributed by atoms with Crippen LogP contribution in [0.25, 0.3) is 10.8 Å². The maximum Gasteiger partial charge on any atom is 0.0119 e. The third kappa shape index (κ3) is 1.52. The molecule has 0 bridgehead atoms. The molecule has 0 aliphatic rings. The summed E-state index contributed by atoms with van der Waals surface area (Å²) in [6.45, 7) is 2.30. The first kappa shape index (κ1) is 8.51. The summed E-state index contributed by atoms with van der Waals surface area (Å²) in [4.78, 5) is 0. The van der Waals surface area contributed by atoms with Crippen LogP contribution in [-0.4, -0.2) is 10.2 Å². The number of benzene rings is 2. The highest BCUT2D eigenvalue weighted by molar-refractivity contribution is 6.13. The Morgan fingerprint density at radius 1 is 1.00 bits per heavy atom. The monoisotopic (exact) mass is 186 g/mol. The molecule has 13 heavy (non-hydrogen) atoms. The lowest BCUT2D eigenvalue weighted by molar-refractivity contribution is 1.10. The predicted octanol–water partition coefficient (Wildman–Crippen LogP) is 2.27. The van der Waals surface area contributed by atoms with Gasteiger partial charge in [0.15, 0.2) is 0 Å². The largest absolute Gasteiger partial charge is 0.0617 e. The molecule has 2 aromatic rings. The molecule has 0 radical (unpaired) electrons. The fourth-order valence-corrected chi connectivity index (χ4v) is 2.26. The van der Waals surface area contributed by atoms with Crippen LogP contribution in [0.5, 0.6) is 0 Å². The molecule has 0 saturated carbocycles. The van der Waals surface area contributed by atoms with Crippen LogP contribution in [0.4, 0.5) is 0 Å². The van der Waals surface area contributed by atoms with Crippen LogP contribution in [0.3, 0.4) is 0 Å². The van der Waals surface area contributed by atoms with Crippen molar-refractivity contribution in [3.63, 3.8) is 0 Å². The smallest absolute Gasteiger partial charge is 0.0119 e. The molecule has 0 aromatic heterocycles. The molecular weight excluding hydrogens is 172 g/mol. The first-order valence-electron chi connectivity index (χ1n) is 4.76. The summed E-state index contributed by atoms with van der Waals surface area (Å²) < 4.78 is 0. The Morgan fingerprint density at radius 3 is 2.46 bits per heavy atom. The molecule has 0 saturated heterocycles. The van der Waals surface area contributed by atoms with Crippen LogP contribution in [-0.2, 0) is 0 Å². The maximum atomic E-state index is 2.30. The molecule has 0 fully saturated rings. The van der Waals surface area contributed by atoms with E-state index in [1.54, 1.807) is 0 Å². The summed E-state index contributed by atoms with van der Waals surface area (Å²) in [6, 6.07) is 15.2. The Hall–Kier alpha value is -1.08. The van der Waals surface area contributed by atoms with E-state index in [0.717, 1.165) is 5.54 Å². The summed E-state index contributed by atoms with van der Waals surface area (Å²) in [7, 11) is 1.23. The van der Waals surface area contributed by atoms with E-state index in [9.17, 15) is 0 Å². The molecule has 0 aliphatic heterocycles. The van der Waals surface area contributed by atoms with Crippen molar-refractivity contribution in [3.8, 4) is 0 Å². The van der Waals surface area contributed by atoms with Crippen molar-refractivity contribution in [3.05, 3.63) is 48.0 Å². The molecule has 1 heteroatoms. The van der Waals surface area contributed by atoms with E-state index in [0.29, 0.717) is 0 Å². The molecular formula is C12H14Si. The van der Waals surface area contributed by atoms with Crippen molar-refractivity contribution < 1.29 is 0 Å². The minimum Gasteiger partial charge on any atom is -0.0617 e. The summed E-state index contributed by atoms with van der Waals surface area (Å²) in [5.74, 6) is 0. The highest BCUT2D eigenvalue weighted by Crippen LogP contribution is 2.23. The molecule has 0 aliphatic carbocycles. The lowest BCUT2D eigenvalue weighted by Gasteiger charge is -2.08. The highest BCUT2D eigenvalue weighted by Gasteiger charge is 2.02. The second-order valence-corrected chi connectivity index (χ2v) is 5.46.